The molecule has 0 aliphatic carbocycles. The third-order valence-corrected chi connectivity index (χ3v) is 6.02. The molecule has 0 saturated carbocycles. The average molecular weight is 384 g/mol. The zero-order valence-corrected chi connectivity index (χ0v) is 15.9. The first-order valence-corrected chi connectivity index (χ1v) is 9.65. The number of hydrogen-bond acceptors (Lipinski definition) is 6. The molecule has 3 heterocycles. The molecule has 0 fully saturated rings. The molecule has 0 aliphatic rings. The minimum atomic E-state index is -0.490. The molecule has 6 nitrogen and oxygen atoms in total. The lowest BCUT2D eigenvalue weighted by molar-refractivity contribution is 0.155. The summed E-state index contributed by atoms with van der Waals surface area (Å²) in [5.41, 5.74) is 3.60. The van der Waals surface area contributed by atoms with Crippen LogP contribution in [0.1, 0.15) is 11.3 Å². The third-order valence-electron chi connectivity index (χ3n) is 3.90. The largest absolute Gasteiger partial charge is 0.444 e. The van der Waals surface area contributed by atoms with Gasteiger partial charge in [0, 0.05) is 7.05 Å². The molecule has 0 atom stereocenters. The van der Waals surface area contributed by atoms with E-state index in [1.165, 1.54) is 11.3 Å². The molecule has 3 aromatic heterocycles. The smallest absolute Gasteiger partial charge is 0.412 e. The molecule has 0 spiro atoms. The monoisotopic (exact) mass is 384 g/mol. The Morgan fingerprint density at radius 1 is 1.35 bits per heavy atom. The van der Waals surface area contributed by atoms with Crippen molar-refractivity contribution in [2.24, 2.45) is 7.05 Å². The van der Waals surface area contributed by atoms with E-state index >= 15 is 0 Å². The number of aryl methyl sites for hydroxylation is 2. The van der Waals surface area contributed by atoms with Gasteiger partial charge in [-0.15, -0.1) is 11.3 Å². The van der Waals surface area contributed by atoms with Gasteiger partial charge in [0.2, 0.25) is 0 Å². The number of thiophene rings is 1. The first kappa shape index (κ1) is 16.7. The summed E-state index contributed by atoms with van der Waals surface area (Å²) in [6.45, 7) is 2.06. The van der Waals surface area contributed by atoms with E-state index in [1.807, 2.05) is 54.3 Å². The predicted octanol–water partition coefficient (Wildman–Crippen LogP) is 4.82. The van der Waals surface area contributed by atoms with Crippen LogP contribution in [0.15, 0.2) is 42.0 Å². The number of rotatable bonds is 4. The van der Waals surface area contributed by atoms with Crippen molar-refractivity contribution < 1.29 is 9.53 Å². The maximum absolute atomic E-state index is 12.1. The number of carbonyl (C=O) groups is 1. The Morgan fingerprint density at radius 3 is 3.04 bits per heavy atom. The second-order valence-corrected chi connectivity index (χ2v) is 7.74. The maximum Gasteiger partial charge on any atom is 0.412 e. The summed E-state index contributed by atoms with van der Waals surface area (Å²) in [5, 5.41) is 6.39. The summed E-state index contributed by atoms with van der Waals surface area (Å²) in [4.78, 5) is 22.0. The lowest BCUT2D eigenvalue weighted by Crippen LogP contribution is -2.13. The van der Waals surface area contributed by atoms with Gasteiger partial charge >= 0.3 is 6.09 Å². The fourth-order valence-corrected chi connectivity index (χ4v) is 4.32. The molecule has 132 valence electrons. The van der Waals surface area contributed by atoms with Crippen LogP contribution in [0.4, 0.5) is 9.80 Å². The van der Waals surface area contributed by atoms with Gasteiger partial charge in [0.05, 0.1) is 27.9 Å². The molecular weight excluding hydrogens is 368 g/mol. The average Bonchev–Trinajstić information content (AvgIpc) is 3.35. The second kappa shape index (κ2) is 6.89. The van der Waals surface area contributed by atoms with Crippen LogP contribution >= 0.6 is 22.7 Å². The van der Waals surface area contributed by atoms with Crippen LogP contribution in [0.25, 0.3) is 20.9 Å². The zero-order valence-electron chi connectivity index (χ0n) is 14.2. The van der Waals surface area contributed by atoms with Crippen molar-refractivity contribution in [3.05, 3.63) is 53.3 Å². The van der Waals surface area contributed by atoms with E-state index in [-0.39, 0.29) is 6.61 Å². The molecule has 0 unspecified atom stereocenters. The highest BCUT2D eigenvalue weighted by molar-refractivity contribution is 7.23. The fraction of sp³-hybridized carbons (Fsp3) is 0.167. The van der Waals surface area contributed by atoms with Crippen LogP contribution in [0, 0.1) is 6.92 Å². The highest BCUT2D eigenvalue weighted by Crippen LogP contribution is 2.34. The van der Waals surface area contributed by atoms with Gasteiger partial charge in [-0.2, -0.15) is 0 Å². The summed E-state index contributed by atoms with van der Waals surface area (Å²) in [6, 6.07) is 9.83. The lowest BCUT2D eigenvalue weighted by Gasteiger charge is -2.06. The predicted molar refractivity (Wildman–Crippen MR) is 105 cm³/mol. The number of benzene rings is 1. The van der Waals surface area contributed by atoms with E-state index in [0.29, 0.717) is 5.00 Å². The van der Waals surface area contributed by atoms with Crippen LogP contribution in [0.2, 0.25) is 0 Å². The van der Waals surface area contributed by atoms with E-state index in [4.69, 9.17) is 4.74 Å². The summed E-state index contributed by atoms with van der Waals surface area (Å²) >= 11 is 3.07. The van der Waals surface area contributed by atoms with E-state index in [2.05, 4.69) is 15.3 Å². The Kier molecular flexibility index (Phi) is 4.44. The lowest BCUT2D eigenvalue weighted by atomic mass is 10.2. The number of thiazole rings is 1. The van der Waals surface area contributed by atoms with Crippen LogP contribution < -0.4 is 5.32 Å². The quantitative estimate of drug-likeness (QED) is 0.548. The van der Waals surface area contributed by atoms with E-state index in [0.717, 1.165) is 32.2 Å². The molecule has 0 aliphatic heterocycles. The standard InChI is InChI=1S/C18H16N4O2S2/c1-11-16(26-17(20-11)15-4-3-7-25-15)21-18(23)24-9-12-5-6-14-13(8-12)19-10-22(14)2/h3-8,10H,9H2,1-2H3,(H,21,23). The normalized spacial score (nSPS) is 11.0. The van der Waals surface area contributed by atoms with Gasteiger partial charge in [0.15, 0.2) is 0 Å². The third kappa shape index (κ3) is 3.33. The van der Waals surface area contributed by atoms with Crippen molar-refractivity contribution in [1.82, 2.24) is 14.5 Å². The molecule has 0 bridgehead atoms. The Balaban J connectivity index is 1.40. The number of hydrogen-bond donors (Lipinski definition) is 1. The van der Waals surface area contributed by atoms with Crippen LogP contribution in [-0.4, -0.2) is 20.6 Å². The SMILES string of the molecule is Cc1nc(-c2cccs2)sc1NC(=O)OCc1ccc2c(c1)ncn2C. The molecule has 1 amide bonds. The van der Waals surface area contributed by atoms with Crippen molar-refractivity contribution >= 4 is 44.8 Å². The number of anilines is 1. The number of nitrogens with one attached hydrogen (secondary N) is 1. The summed E-state index contributed by atoms with van der Waals surface area (Å²) < 4.78 is 7.29. The van der Waals surface area contributed by atoms with E-state index in [9.17, 15) is 4.79 Å². The fourth-order valence-electron chi connectivity index (χ4n) is 2.57. The number of imidazole rings is 1. The highest BCUT2D eigenvalue weighted by Gasteiger charge is 2.13. The Hall–Kier alpha value is -2.71. The molecule has 4 aromatic rings. The number of amides is 1. The molecule has 0 saturated heterocycles. The van der Waals surface area contributed by atoms with Gasteiger partial charge in [0.25, 0.3) is 0 Å². The summed E-state index contributed by atoms with van der Waals surface area (Å²) in [5.74, 6) is 0. The van der Waals surface area contributed by atoms with Crippen molar-refractivity contribution in [3.63, 3.8) is 0 Å². The van der Waals surface area contributed by atoms with Gasteiger partial charge in [-0.25, -0.2) is 14.8 Å². The molecule has 0 radical (unpaired) electrons. The van der Waals surface area contributed by atoms with Crippen LogP contribution in [-0.2, 0) is 18.4 Å². The number of aromatic nitrogens is 3. The van der Waals surface area contributed by atoms with Crippen molar-refractivity contribution in [3.8, 4) is 9.88 Å². The first-order chi connectivity index (χ1) is 12.6. The minimum Gasteiger partial charge on any atom is -0.444 e. The Morgan fingerprint density at radius 2 is 2.23 bits per heavy atom. The van der Waals surface area contributed by atoms with Gasteiger partial charge in [-0.1, -0.05) is 23.5 Å². The maximum atomic E-state index is 12.1. The Bertz CT molecular complexity index is 1070. The number of nitrogens with zero attached hydrogens (tertiary/aromatic N) is 3. The molecule has 8 heteroatoms. The van der Waals surface area contributed by atoms with Crippen LogP contribution in [0.3, 0.4) is 0 Å². The van der Waals surface area contributed by atoms with Gasteiger partial charge < -0.3 is 9.30 Å². The molecule has 26 heavy (non-hydrogen) atoms. The van der Waals surface area contributed by atoms with E-state index < -0.39 is 6.09 Å². The number of fused-ring (bicyclic) bond motifs is 1. The number of ether oxygens (including phenoxy) is 1. The molecule has 4 rings (SSSR count). The van der Waals surface area contributed by atoms with Crippen molar-refractivity contribution in [1.29, 1.82) is 0 Å². The Labute approximate surface area is 158 Å². The van der Waals surface area contributed by atoms with Crippen molar-refractivity contribution in [2.45, 2.75) is 13.5 Å². The zero-order chi connectivity index (χ0) is 18.1. The summed E-state index contributed by atoms with van der Waals surface area (Å²) in [7, 11) is 1.95. The van der Waals surface area contributed by atoms with Crippen LogP contribution in [0.5, 0.6) is 0 Å². The first-order valence-electron chi connectivity index (χ1n) is 7.95. The van der Waals surface area contributed by atoms with Gasteiger partial charge in [-0.3, -0.25) is 5.32 Å². The molecule has 1 N–H and O–H groups in total. The van der Waals surface area contributed by atoms with Gasteiger partial charge in [0.1, 0.15) is 16.6 Å². The highest BCUT2D eigenvalue weighted by atomic mass is 32.1. The molecular formula is C18H16N4O2S2. The van der Waals surface area contributed by atoms with Crippen molar-refractivity contribution in [2.75, 3.05) is 5.32 Å². The molecule has 1 aromatic carbocycles. The second-order valence-electron chi connectivity index (χ2n) is 5.79. The summed E-state index contributed by atoms with van der Waals surface area (Å²) in [6.07, 6.45) is 1.27. The topological polar surface area (TPSA) is 69.0 Å². The van der Waals surface area contributed by atoms with E-state index in [1.54, 1.807) is 17.7 Å². The minimum absolute atomic E-state index is 0.188. The number of carbonyl (C=O) groups excluding carboxylic acids is 1. The van der Waals surface area contributed by atoms with Gasteiger partial charge in [-0.05, 0) is 36.1 Å².